The van der Waals surface area contributed by atoms with Crippen LogP contribution in [0.5, 0.6) is 5.75 Å². The van der Waals surface area contributed by atoms with Crippen LogP contribution in [0.1, 0.15) is 50.2 Å². The van der Waals surface area contributed by atoms with Crippen molar-refractivity contribution in [3.05, 3.63) is 88.5 Å². The first-order valence-corrected chi connectivity index (χ1v) is 13.1. The summed E-state index contributed by atoms with van der Waals surface area (Å²) in [6.45, 7) is 4.16. The van der Waals surface area contributed by atoms with E-state index in [4.69, 9.17) is 4.74 Å². The normalized spacial score (nSPS) is 22.4. The van der Waals surface area contributed by atoms with E-state index in [0.717, 1.165) is 11.3 Å². The highest BCUT2D eigenvalue weighted by Gasteiger charge is 2.58. The fraction of sp³-hybridized carbons (Fsp3) is 0.379. The van der Waals surface area contributed by atoms with Gasteiger partial charge in [-0.2, -0.15) is 0 Å². The highest BCUT2D eigenvalue weighted by Crippen LogP contribution is 2.52. The van der Waals surface area contributed by atoms with Crippen molar-refractivity contribution in [3.8, 4) is 5.75 Å². The molecule has 4 atom stereocenters. The summed E-state index contributed by atoms with van der Waals surface area (Å²) in [5.41, 5.74) is -0.238. The van der Waals surface area contributed by atoms with E-state index in [1.165, 1.54) is 18.2 Å². The van der Waals surface area contributed by atoms with Gasteiger partial charge in [-0.25, -0.2) is 4.98 Å². The minimum Gasteiger partial charge on any atom is -0.493 e. The van der Waals surface area contributed by atoms with Crippen LogP contribution in [0.4, 0.5) is 5.69 Å². The molecule has 11 nitrogen and oxygen atoms in total. The first-order valence-electron chi connectivity index (χ1n) is 13.1. The smallest absolute Gasteiger partial charge is 0.312 e. The minimum absolute atomic E-state index is 0.122. The summed E-state index contributed by atoms with van der Waals surface area (Å²) in [6, 6.07) is 12.5. The SMILES string of the molecule is CC1=NC(C)C(CCCCOc2ccccc2Cn2ccnc2)(C(=O)O)C(c2cccc([N+](=O)[O-])c2)C1C(=O)O. The topological polar surface area (TPSA) is 157 Å². The van der Waals surface area contributed by atoms with Gasteiger partial charge in [-0.3, -0.25) is 24.7 Å². The van der Waals surface area contributed by atoms with Crippen molar-refractivity contribution in [1.82, 2.24) is 9.55 Å². The number of carbonyl (C=O) groups is 2. The number of imidazole rings is 1. The molecule has 0 aliphatic carbocycles. The second-order valence-corrected chi connectivity index (χ2v) is 10.1. The number of aliphatic carboxylic acids is 2. The molecule has 210 valence electrons. The van der Waals surface area contributed by atoms with Gasteiger partial charge >= 0.3 is 11.9 Å². The Morgan fingerprint density at radius 1 is 1.15 bits per heavy atom. The van der Waals surface area contributed by atoms with Crippen molar-refractivity contribution in [2.75, 3.05) is 6.61 Å². The maximum atomic E-state index is 13.0. The van der Waals surface area contributed by atoms with Gasteiger partial charge in [0.25, 0.3) is 5.69 Å². The number of hydrogen-bond donors (Lipinski definition) is 2. The summed E-state index contributed by atoms with van der Waals surface area (Å²) in [6.07, 6.45) is 6.35. The zero-order valence-corrected chi connectivity index (χ0v) is 22.3. The van der Waals surface area contributed by atoms with E-state index in [1.54, 1.807) is 32.4 Å². The molecule has 0 spiro atoms. The molecule has 0 fully saturated rings. The van der Waals surface area contributed by atoms with Gasteiger partial charge < -0.3 is 19.5 Å². The zero-order valence-electron chi connectivity index (χ0n) is 22.3. The molecule has 3 aromatic rings. The number of nitro benzene ring substituents is 1. The van der Waals surface area contributed by atoms with Gasteiger partial charge in [-0.15, -0.1) is 0 Å². The van der Waals surface area contributed by atoms with Crippen molar-refractivity contribution >= 4 is 23.3 Å². The summed E-state index contributed by atoms with van der Waals surface area (Å²) >= 11 is 0. The third-order valence-corrected chi connectivity index (χ3v) is 7.71. The van der Waals surface area contributed by atoms with Gasteiger partial charge in [0.15, 0.2) is 0 Å². The molecule has 0 amide bonds. The highest BCUT2D eigenvalue weighted by atomic mass is 16.6. The summed E-state index contributed by atoms with van der Waals surface area (Å²) < 4.78 is 7.98. The molecule has 1 aromatic heterocycles. The molecule has 2 N–H and O–H groups in total. The molecule has 4 rings (SSSR count). The number of hydrogen-bond acceptors (Lipinski definition) is 7. The lowest BCUT2D eigenvalue weighted by Gasteiger charge is -2.46. The van der Waals surface area contributed by atoms with Crippen LogP contribution in [0.15, 0.2) is 72.2 Å². The van der Waals surface area contributed by atoms with Crippen molar-refractivity contribution in [2.24, 2.45) is 16.3 Å². The van der Waals surface area contributed by atoms with E-state index in [-0.39, 0.29) is 12.1 Å². The van der Waals surface area contributed by atoms with E-state index in [9.17, 15) is 29.9 Å². The molecule has 0 saturated heterocycles. The molecular formula is C29H32N4O7. The Morgan fingerprint density at radius 3 is 2.60 bits per heavy atom. The lowest BCUT2D eigenvalue weighted by atomic mass is 9.58. The second kappa shape index (κ2) is 12.1. The molecule has 2 heterocycles. The van der Waals surface area contributed by atoms with E-state index in [0.29, 0.717) is 37.3 Å². The predicted molar refractivity (Wildman–Crippen MR) is 147 cm³/mol. The number of carboxylic acid groups (broad SMARTS) is 2. The van der Waals surface area contributed by atoms with Crippen molar-refractivity contribution in [3.63, 3.8) is 0 Å². The van der Waals surface area contributed by atoms with Crippen LogP contribution in [0.3, 0.4) is 0 Å². The molecule has 2 aromatic carbocycles. The number of aliphatic imine (C=N–C) groups is 1. The second-order valence-electron chi connectivity index (χ2n) is 10.1. The van der Waals surface area contributed by atoms with Gasteiger partial charge in [0.05, 0.1) is 35.9 Å². The first-order chi connectivity index (χ1) is 19.1. The van der Waals surface area contributed by atoms with Gasteiger partial charge in [0.1, 0.15) is 11.7 Å². The molecular weight excluding hydrogens is 516 g/mol. The molecule has 40 heavy (non-hydrogen) atoms. The molecule has 1 aliphatic heterocycles. The monoisotopic (exact) mass is 548 g/mol. The van der Waals surface area contributed by atoms with Crippen LogP contribution in [0.25, 0.3) is 0 Å². The number of non-ortho nitro benzene ring substituents is 1. The number of para-hydroxylation sites is 1. The van der Waals surface area contributed by atoms with Crippen molar-refractivity contribution in [1.29, 1.82) is 0 Å². The van der Waals surface area contributed by atoms with Gasteiger partial charge in [-0.1, -0.05) is 30.3 Å². The lowest BCUT2D eigenvalue weighted by molar-refractivity contribution is -0.385. The van der Waals surface area contributed by atoms with Crippen molar-refractivity contribution < 1.29 is 29.5 Å². The molecule has 11 heteroatoms. The highest BCUT2D eigenvalue weighted by molar-refractivity contribution is 6.03. The van der Waals surface area contributed by atoms with Crippen LogP contribution in [0.2, 0.25) is 0 Å². The molecule has 0 bridgehead atoms. The number of aromatic nitrogens is 2. The number of carboxylic acids is 2. The van der Waals surface area contributed by atoms with Gasteiger partial charge in [0, 0.05) is 41.7 Å². The average Bonchev–Trinajstić information content (AvgIpc) is 3.43. The Morgan fingerprint density at radius 2 is 1.93 bits per heavy atom. The summed E-state index contributed by atoms with van der Waals surface area (Å²) in [5, 5.41) is 32.2. The van der Waals surface area contributed by atoms with Gasteiger partial charge in [0.2, 0.25) is 0 Å². The third-order valence-electron chi connectivity index (χ3n) is 7.71. The lowest BCUT2D eigenvalue weighted by Crippen LogP contribution is -2.54. The largest absolute Gasteiger partial charge is 0.493 e. The Labute approximate surface area is 231 Å². The van der Waals surface area contributed by atoms with E-state index in [1.807, 2.05) is 35.0 Å². The maximum Gasteiger partial charge on any atom is 0.312 e. The van der Waals surface area contributed by atoms with Crippen LogP contribution in [-0.4, -0.2) is 55.0 Å². The first kappa shape index (κ1) is 28.5. The van der Waals surface area contributed by atoms with E-state index >= 15 is 0 Å². The number of benzene rings is 2. The Balaban J connectivity index is 1.56. The summed E-state index contributed by atoms with van der Waals surface area (Å²) in [7, 11) is 0. The molecule has 4 unspecified atom stereocenters. The Kier molecular flexibility index (Phi) is 8.61. The number of unbranched alkanes of at least 4 members (excludes halogenated alkanes) is 1. The third kappa shape index (κ3) is 5.73. The summed E-state index contributed by atoms with van der Waals surface area (Å²) in [4.78, 5) is 44.9. The number of nitro groups is 1. The van der Waals surface area contributed by atoms with Crippen LogP contribution < -0.4 is 4.74 Å². The molecule has 0 radical (unpaired) electrons. The van der Waals surface area contributed by atoms with Gasteiger partial charge in [-0.05, 0) is 44.7 Å². The quantitative estimate of drug-likeness (QED) is 0.185. The predicted octanol–water partition coefficient (Wildman–Crippen LogP) is 4.81. The minimum atomic E-state index is -1.59. The number of ether oxygens (including phenoxy) is 1. The average molecular weight is 549 g/mol. The van der Waals surface area contributed by atoms with Crippen molar-refractivity contribution in [2.45, 2.75) is 51.6 Å². The van der Waals surface area contributed by atoms with Crippen LogP contribution in [-0.2, 0) is 16.1 Å². The fourth-order valence-electron chi connectivity index (χ4n) is 5.78. The summed E-state index contributed by atoms with van der Waals surface area (Å²) in [5.74, 6) is -3.96. The van der Waals surface area contributed by atoms with Crippen LogP contribution >= 0.6 is 0 Å². The molecule has 0 saturated carbocycles. The number of nitrogens with zero attached hydrogens (tertiary/aromatic N) is 4. The standard InChI is InChI=1S/C29H32N4O7/c1-19-25(27(34)35)26(21-9-7-10-23(16-21)33(38)39)29(28(36)37,20(2)31-19)12-5-6-15-40-24-11-4-3-8-22(24)17-32-14-13-30-18-32/h3-4,7-11,13-14,16,18,20,25-26H,5-6,12,15,17H2,1-2H3,(H,34,35)(H,36,37). The van der Waals surface area contributed by atoms with E-state index in [2.05, 4.69) is 9.98 Å². The number of rotatable bonds is 12. The van der Waals surface area contributed by atoms with E-state index < -0.39 is 40.2 Å². The maximum absolute atomic E-state index is 13.0. The zero-order chi connectivity index (χ0) is 28.9. The fourth-order valence-corrected chi connectivity index (χ4v) is 5.78. The Hall–Kier alpha value is -4.54. The van der Waals surface area contributed by atoms with Crippen LogP contribution in [0, 0.1) is 21.4 Å². The molecule has 1 aliphatic rings. The Bertz CT molecular complexity index is 1400.